The van der Waals surface area contributed by atoms with E-state index in [2.05, 4.69) is 10.2 Å². The number of halogens is 3. The van der Waals surface area contributed by atoms with E-state index in [9.17, 15) is 22.8 Å². The summed E-state index contributed by atoms with van der Waals surface area (Å²) >= 11 is 0. The van der Waals surface area contributed by atoms with E-state index in [1.54, 1.807) is 11.0 Å². The highest BCUT2D eigenvalue weighted by molar-refractivity contribution is 5.90. The first-order valence-corrected chi connectivity index (χ1v) is 8.53. The van der Waals surface area contributed by atoms with E-state index in [1.807, 2.05) is 0 Å². The Labute approximate surface area is 153 Å². The Balaban J connectivity index is 1.54. The van der Waals surface area contributed by atoms with E-state index >= 15 is 0 Å². The van der Waals surface area contributed by atoms with Gasteiger partial charge in [-0.15, -0.1) is 0 Å². The molecule has 1 aliphatic heterocycles. The summed E-state index contributed by atoms with van der Waals surface area (Å²) in [6.07, 6.45) is -2.90. The summed E-state index contributed by atoms with van der Waals surface area (Å²) in [5.41, 5.74) is 6.02. The Kier molecular flexibility index (Phi) is 5.20. The number of benzene rings is 1. The first kappa shape index (κ1) is 18.9. The monoisotopic (exact) mass is 380 g/mol. The van der Waals surface area contributed by atoms with Crippen LogP contribution < -0.4 is 5.73 Å². The van der Waals surface area contributed by atoms with E-state index in [0.29, 0.717) is 31.5 Å². The highest BCUT2D eigenvalue weighted by Gasteiger charge is 2.30. The minimum Gasteiger partial charge on any atom is -0.364 e. The van der Waals surface area contributed by atoms with Crippen LogP contribution in [0.1, 0.15) is 46.1 Å². The Bertz CT molecular complexity index is 822. The van der Waals surface area contributed by atoms with E-state index < -0.39 is 17.6 Å². The molecule has 1 aliphatic rings. The summed E-state index contributed by atoms with van der Waals surface area (Å²) in [4.78, 5) is 25.2. The number of hydrogen-bond acceptors (Lipinski definition) is 3. The lowest BCUT2D eigenvalue weighted by atomic mass is 9.93. The number of aromatic nitrogens is 2. The molecule has 0 aliphatic carbocycles. The molecule has 0 unspecified atom stereocenters. The number of amides is 2. The normalized spacial score (nSPS) is 15.7. The summed E-state index contributed by atoms with van der Waals surface area (Å²) in [7, 11) is 0. The number of piperidine rings is 1. The molecule has 27 heavy (non-hydrogen) atoms. The lowest BCUT2D eigenvalue weighted by molar-refractivity contribution is -0.137. The van der Waals surface area contributed by atoms with Gasteiger partial charge in [-0.1, -0.05) is 12.1 Å². The van der Waals surface area contributed by atoms with Crippen LogP contribution in [0.4, 0.5) is 13.2 Å². The number of nitrogens with zero attached hydrogens (tertiary/aromatic N) is 2. The fourth-order valence-electron chi connectivity index (χ4n) is 3.21. The number of H-pyrrole nitrogens is 1. The molecule has 2 heterocycles. The molecular weight excluding hydrogens is 361 g/mol. The van der Waals surface area contributed by atoms with Crippen LogP contribution in [0, 0.1) is 0 Å². The maximum atomic E-state index is 12.6. The summed E-state index contributed by atoms with van der Waals surface area (Å²) in [5.74, 6) is -0.557. The van der Waals surface area contributed by atoms with Crippen molar-refractivity contribution in [2.75, 3.05) is 13.1 Å². The van der Waals surface area contributed by atoms with Crippen molar-refractivity contribution in [2.45, 2.75) is 31.4 Å². The molecule has 2 amide bonds. The molecule has 0 radical (unpaired) electrons. The standard InChI is InChI=1S/C18H19F3N4O2/c19-18(20,21)13-3-1-11(2-4-13)9-16(26)25-7-5-12(6-8-25)14-10-15(17(22)27)24-23-14/h1-4,10,12H,5-9H2,(H2,22,27)(H,23,24). The van der Waals surface area contributed by atoms with Gasteiger partial charge < -0.3 is 10.6 Å². The van der Waals surface area contributed by atoms with Gasteiger partial charge in [-0.3, -0.25) is 14.7 Å². The Hall–Kier alpha value is -2.84. The average molecular weight is 380 g/mol. The molecule has 9 heteroatoms. The third-order valence-corrected chi connectivity index (χ3v) is 4.77. The lowest BCUT2D eigenvalue weighted by Gasteiger charge is -2.31. The van der Waals surface area contributed by atoms with Crippen LogP contribution in [0.15, 0.2) is 30.3 Å². The van der Waals surface area contributed by atoms with Crippen molar-refractivity contribution >= 4 is 11.8 Å². The second-order valence-corrected chi connectivity index (χ2v) is 6.60. The molecule has 3 rings (SSSR count). The van der Waals surface area contributed by atoms with Crippen LogP contribution >= 0.6 is 0 Å². The molecule has 1 aromatic carbocycles. The number of nitrogens with two attached hydrogens (primary N) is 1. The maximum Gasteiger partial charge on any atom is 0.416 e. The van der Waals surface area contributed by atoms with Crippen molar-refractivity contribution < 1.29 is 22.8 Å². The minimum atomic E-state index is -4.38. The molecule has 3 N–H and O–H groups in total. The van der Waals surface area contributed by atoms with Crippen molar-refractivity contribution in [3.8, 4) is 0 Å². The predicted molar refractivity (Wildman–Crippen MR) is 90.8 cm³/mol. The smallest absolute Gasteiger partial charge is 0.364 e. The summed E-state index contributed by atoms with van der Waals surface area (Å²) in [5, 5.41) is 6.68. The lowest BCUT2D eigenvalue weighted by Crippen LogP contribution is -2.38. The third-order valence-electron chi connectivity index (χ3n) is 4.77. The van der Waals surface area contributed by atoms with E-state index in [-0.39, 0.29) is 23.9 Å². The van der Waals surface area contributed by atoms with Gasteiger partial charge in [-0.2, -0.15) is 18.3 Å². The predicted octanol–water partition coefficient (Wildman–Crippen LogP) is 2.48. The first-order chi connectivity index (χ1) is 12.7. The van der Waals surface area contributed by atoms with Gasteiger partial charge in [-0.25, -0.2) is 0 Å². The quantitative estimate of drug-likeness (QED) is 0.854. The number of hydrogen-bond donors (Lipinski definition) is 2. The van der Waals surface area contributed by atoms with Crippen LogP contribution in [0.2, 0.25) is 0 Å². The Morgan fingerprint density at radius 1 is 1.19 bits per heavy atom. The number of rotatable bonds is 4. The first-order valence-electron chi connectivity index (χ1n) is 8.53. The van der Waals surface area contributed by atoms with Crippen LogP contribution in [-0.4, -0.2) is 40.0 Å². The molecule has 6 nitrogen and oxygen atoms in total. The van der Waals surface area contributed by atoms with Gasteiger partial charge >= 0.3 is 6.18 Å². The third kappa shape index (κ3) is 4.47. The van der Waals surface area contributed by atoms with Crippen molar-refractivity contribution in [1.82, 2.24) is 15.1 Å². The van der Waals surface area contributed by atoms with Gasteiger partial charge in [0.2, 0.25) is 5.91 Å². The number of alkyl halides is 3. The van der Waals surface area contributed by atoms with Gasteiger partial charge in [0, 0.05) is 24.7 Å². The van der Waals surface area contributed by atoms with Gasteiger partial charge in [-0.05, 0) is 36.6 Å². The molecule has 1 saturated heterocycles. The topological polar surface area (TPSA) is 92.1 Å². The number of nitrogens with one attached hydrogen (secondary N) is 1. The number of aromatic amines is 1. The highest BCUT2D eigenvalue weighted by Crippen LogP contribution is 2.30. The van der Waals surface area contributed by atoms with Crippen molar-refractivity contribution in [3.05, 3.63) is 52.8 Å². The van der Waals surface area contributed by atoms with Crippen molar-refractivity contribution in [2.24, 2.45) is 5.73 Å². The number of primary amides is 1. The van der Waals surface area contributed by atoms with Crippen molar-refractivity contribution in [1.29, 1.82) is 0 Å². The van der Waals surface area contributed by atoms with Crippen LogP contribution in [0.5, 0.6) is 0 Å². The molecule has 1 aromatic heterocycles. The molecule has 144 valence electrons. The fraction of sp³-hybridized carbons (Fsp3) is 0.389. The molecule has 0 saturated carbocycles. The zero-order valence-electron chi connectivity index (χ0n) is 14.4. The summed E-state index contributed by atoms with van der Waals surface area (Å²) in [6.45, 7) is 1.07. The van der Waals surface area contributed by atoms with Gasteiger partial charge in [0.25, 0.3) is 5.91 Å². The molecule has 0 bridgehead atoms. The Morgan fingerprint density at radius 2 is 1.81 bits per heavy atom. The van der Waals surface area contributed by atoms with Crippen LogP contribution in [-0.2, 0) is 17.4 Å². The minimum absolute atomic E-state index is 0.0681. The molecule has 1 fully saturated rings. The van der Waals surface area contributed by atoms with Gasteiger partial charge in [0.15, 0.2) is 0 Å². The number of carbonyl (C=O) groups excluding carboxylic acids is 2. The summed E-state index contributed by atoms with van der Waals surface area (Å²) < 4.78 is 37.8. The molecule has 0 spiro atoms. The van der Waals surface area contributed by atoms with Crippen LogP contribution in [0.3, 0.4) is 0 Å². The van der Waals surface area contributed by atoms with Gasteiger partial charge in [0.05, 0.1) is 12.0 Å². The largest absolute Gasteiger partial charge is 0.416 e. The zero-order valence-corrected chi connectivity index (χ0v) is 14.4. The second-order valence-electron chi connectivity index (χ2n) is 6.60. The van der Waals surface area contributed by atoms with Gasteiger partial charge in [0.1, 0.15) is 5.69 Å². The Morgan fingerprint density at radius 3 is 2.33 bits per heavy atom. The molecular formula is C18H19F3N4O2. The zero-order chi connectivity index (χ0) is 19.6. The fourth-order valence-corrected chi connectivity index (χ4v) is 3.21. The van der Waals surface area contributed by atoms with E-state index in [0.717, 1.165) is 17.8 Å². The molecule has 0 atom stereocenters. The van der Waals surface area contributed by atoms with E-state index in [1.165, 1.54) is 12.1 Å². The summed E-state index contributed by atoms with van der Waals surface area (Å²) in [6, 6.07) is 6.28. The highest BCUT2D eigenvalue weighted by atomic mass is 19.4. The number of carbonyl (C=O) groups is 2. The maximum absolute atomic E-state index is 12.6. The average Bonchev–Trinajstić information content (AvgIpc) is 3.12. The number of likely N-dealkylation sites (tertiary alicyclic amines) is 1. The SMILES string of the molecule is NC(=O)c1cc(C2CCN(C(=O)Cc3ccc(C(F)(F)F)cc3)CC2)[nH]n1. The van der Waals surface area contributed by atoms with Crippen LogP contribution in [0.25, 0.3) is 0 Å². The second kappa shape index (κ2) is 7.42. The molecule has 2 aromatic rings. The van der Waals surface area contributed by atoms with E-state index in [4.69, 9.17) is 5.73 Å². The van der Waals surface area contributed by atoms with Crippen molar-refractivity contribution in [3.63, 3.8) is 0 Å².